The number of hydrogen-bond donors (Lipinski definition) is 0. The number of halogens is 3. The third kappa shape index (κ3) is 5.51. The average molecular weight is 412 g/mol. The van der Waals surface area contributed by atoms with Crippen molar-refractivity contribution in [3.8, 4) is 5.75 Å². The van der Waals surface area contributed by atoms with E-state index < -0.39 is 11.7 Å². The molecule has 0 spiro atoms. The summed E-state index contributed by atoms with van der Waals surface area (Å²) in [5.41, 5.74) is 0.711. The Labute approximate surface area is 169 Å². The second kappa shape index (κ2) is 9.31. The Balaban J connectivity index is 1.66. The van der Waals surface area contributed by atoms with Gasteiger partial charge < -0.3 is 9.64 Å². The molecule has 3 rings (SSSR count). The van der Waals surface area contributed by atoms with Gasteiger partial charge in [-0.2, -0.15) is 24.5 Å². The summed E-state index contributed by atoms with van der Waals surface area (Å²) in [4.78, 5) is 2.51. The zero-order valence-electron chi connectivity index (χ0n) is 16.4. The molecule has 1 aliphatic heterocycles. The molecule has 0 saturated carbocycles. The highest BCUT2D eigenvalue weighted by molar-refractivity contribution is 7.07. The van der Waals surface area contributed by atoms with Crippen molar-refractivity contribution in [2.75, 3.05) is 26.2 Å². The van der Waals surface area contributed by atoms with Crippen molar-refractivity contribution < 1.29 is 17.9 Å². The Bertz CT molecular complexity index is 714. The molecule has 1 saturated heterocycles. The lowest BCUT2D eigenvalue weighted by Gasteiger charge is -2.39. The molecule has 1 aromatic carbocycles. The van der Waals surface area contributed by atoms with Crippen LogP contribution in [0.2, 0.25) is 0 Å². The van der Waals surface area contributed by atoms with Gasteiger partial charge in [0.05, 0.1) is 12.2 Å². The van der Waals surface area contributed by atoms with Gasteiger partial charge in [-0.25, -0.2) is 0 Å². The zero-order chi connectivity index (χ0) is 20.1. The minimum Gasteiger partial charge on any atom is -0.493 e. The molecule has 3 atom stereocenters. The predicted molar refractivity (Wildman–Crippen MR) is 108 cm³/mol. The van der Waals surface area contributed by atoms with Crippen molar-refractivity contribution in [1.82, 2.24) is 4.90 Å². The Kier molecular flexibility index (Phi) is 7.05. The molecular weight excluding hydrogens is 383 g/mol. The van der Waals surface area contributed by atoms with Gasteiger partial charge in [0.1, 0.15) is 5.75 Å². The largest absolute Gasteiger partial charge is 0.493 e. The second-order valence-electron chi connectivity index (χ2n) is 7.82. The maximum Gasteiger partial charge on any atom is 0.416 e. The van der Waals surface area contributed by atoms with Gasteiger partial charge in [0, 0.05) is 19.0 Å². The summed E-state index contributed by atoms with van der Waals surface area (Å²) in [6.45, 7) is 8.15. The summed E-state index contributed by atoms with van der Waals surface area (Å²) in [6.07, 6.45) is -2.06. The van der Waals surface area contributed by atoms with E-state index in [1.165, 1.54) is 17.7 Å². The first kappa shape index (κ1) is 21.2. The fourth-order valence-electron chi connectivity index (χ4n) is 3.88. The molecule has 2 nitrogen and oxygen atoms in total. The van der Waals surface area contributed by atoms with Crippen LogP contribution in [0, 0.1) is 11.8 Å². The molecule has 1 aliphatic rings. The third-order valence-corrected chi connectivity index (χ3v) is 6.40. The molecule has 3 unspecified atom stereocenters. The second-order valence-corrected chi connectivity index (χ2v) is 8.60. The van der Waals surface area contributed by atoms with E-state index in [4.69, 9.17) is 4.74 Å². The van der Waals surface area contributed by atoms with Crippen LogP contribution < -0.4 is 4.74 Å². The quantitative estimate of drug-likeness (QED) is 0.530. The number of piperidine rings is 1. The van der Waals surface area contributed by atoms with Crippen LogP contribution in [0.5, 0.6) is 5.75 Å². The number of hydrogen-bond acceptors (Lipinski definition) is 3. The third-order valence-electron chi connectivity index (χ3n) is 5.70. The first-order valence-electron chi connectivity index (χ1n) is 9.91. The number of ether oxygens (including phenoxy) is 1. The van der Waals surface area contributed by atoms with Crippen LogP contribution in [0.1, 0.15) is 43.7 Å². The Morgan fingerprint density at radius 2 is 1.96 bits per heavy atom. The van der Waals surface area contributed by atoms with E-state index in [0.717, 1.165) is 44.6 Å². The average Bonchev–Trinajstić information content (AvgIpc) is 3.20. The molecular formula is C22H28F3NOS. The van der Waals surface area contributed by atoms with Gasteiger partial charge in [-0.3, -0.25) is 0 Å². The van der Waals surface area contributed by atoms with Crippen LogP contribution in [0.3, 0.4) is 0 Å². The van der Waals surface area contributed by atoms with E-state index >= 15 is 0 Å². The summed E-state index contributed by atoms with van der Waals surface area (Å²) in [6, 6.07) is 7.19. The molecule has 0 bridgehead atoms. The molecule has 154 valence electrons. The zero-order valence-corrected chi connectivity index (χ0v) is 17.2. The summed E-state index contributed by atoms with van der Waals surface area (Å²) >= 11 is 1.71. The topological polar surface area (TPSA) is 12.5 Å². The highest BCUT2D eigenvalue weighted by Gasteiger charge is 2.32. The first-order valence-corrected chi connectivity index (χ1v) is 10.9. The normalized spacial score (nSPS) is 22.2. The fourth-order valence-corrected chi connectivity index (χ4v) is 4.61. The molecule has 0 N–H and O–H groups in total. The molecule has 2 aromatic rings. The van der Waals surface area contributed by atoms with Crippen LogP contribution >= 0.6 is 11.3 Å². The van der Waals surface area contributed by atoms with E-state index in [-0.39, 0.29) is 0 Å². The molecule has 6 heteroatoms. The van der Waals surface area contributed by atoms with E-state index in [2.05, 4.69) is 35.6 Å². The van der Waals surface area contributed by atoms with Crippen molar-refractivity contribution in [1.29, 1.82) is 0 Å². The number of likely N-dealkylation sites (tertiary alicyclic amines) is 1. The summed E-state index contributed by atoms with van der Waals surface area (Å²) in [7, 11) is 0. The SMILES string of the molecule is CCC(C)CN1CCC(c2ccsc2)C(COc2ccc(C(F)(F)F)cc2)C1. The first-order chi connectivity index (χ1) is 13.4. The number of thiophene rings is 1. The van der Waals surface area contributed by atoms with Gasteiger partial charge in [0.2, 0.25) is 0 Å². The van der Waals surface area contributed by atoms with Gasteiger partial charge in [-0.05, 0) is 71.5 Å². The van der Waals surface area contributed by atoms with Gasteiger partial charge >= 0.3 is 6.18 Å². The standard InChI is InChI=1S/C22H28F3NOS/c1-3-16(2)12-26-10-8-21(17-9-11-28-15-17)18(13-26)14-27-20-6-4-19(5-7-20)22(23,24)25/h4-7,9,11,15-16,18,21H,3,8,10,12-14H2,1-2H3. The molecule has 0 aliphatic carbocycles. The Morgan fingerprint density at radius 1 is 1.21 bits per heavy atom. The lowest BCUT2D eigenvalue weighted by atomic mass is 9.81. The molecule has 1 aromatic heterocycles. The van der Waals surface area contributed by atoms with Gasteiger partial charge in [-0.15, -0.1) is 0 Å². The number of rotatable bonds is 7. The van der Waals surface area contributed by atoms with Crippen molar-refractivity contribution in [2.24, 2.45) is 11.8 Å². The minimum absolute atomic E-state index is 0.328. The predicted octanol–water partition coefficient (Wildman–Crippen LogP) is 6.30. The summed E-state index contributed by atoms with van der Waals surface area (Å²) in [5, 5.41) is 4.31. The number of alkyl halides is 3. The maximum atomic E-state index is 12.7. The lowest BCUT2D eigenvalue weighted by Crippen LogP contribution is -2.43. The monoisotopic (exact) mass is 411 g/mol. The lowest BCUT2D eigenvalue weighted by molar-refractivity contribution is -0.137. The maximum absolute atomic E-state index is 12.7. The van der Waals surface area contributed by atoms with Crippen LogP contribution in [-0.4, -0.2) is 31.1 Å². The van der Waals surface area contributed by atoms with Crippen molar-refractivity contribution >= 4 is 11.3 Å². The number of benzene rings is 1. The van der Waals surface area contributed by atoms with Crippen molar-refractivity contribution in [2.45, 2.75) is 38.8 Å². The van der Waals surface area contributed by atoms with Crippen molar-refractivity contribution in [3.05, 3.63) is 52.2 Å². The van der Waals surface area contributed by atoms with Gasteiger partial charge in [-0.1, -0.05) is 20.3 Å². The van der Waals surface area contributed by atoms with Crippen molar-refractivity contribution in [3.63, 3.8) is 0 Å². The minimum atomic E-state index is -4.32. The fraction of sp³-hybridized carbons (Fsp3) is 0.545. The van der Waals surface area contributed by atoms with Crippen LogP contribution in [-0.2, 0) is 6.18 Å². The van der Waals surface area contributed by atoms with Gasteiger partial charge in [0.25, 0.3) is 0 Å². The van der Waals surface area contributed by atoms with Crippen LogP contribution in [0.4, 0.5) is 13.2 Å². The molecule has 28 heavy (non-hydrogen) atoms. The van der Waals surface area contributed by atoms with Crippen LogP contribution in [0.25, 0.3) is 0 Å². The van der Waals surface area contributed by atoms with Gasteiger partial charge in [0.15, 0.2) is 0 Å². The highest BCUT2D eigenvalue weighted by atomic mass is 32.1. The molecule has 0 radical (unpaired) electrons. The highest BCUT2D eigenvalue weighted by Crippen LogP contribution is 2.35. The van der Waals surface area contributed by atoms with E-state index in [0.29, 0.717) is 30.1 Å². The smallest absolute Gasteiger partial charge is 0.416 e. The molecule has 0 amide bonds. The van der Waals surface area contributed by atoms with E-state index in [9.17, 15) is 13.2 Å². The summed E-state index contributed by atoms with van der Waals surface area (Å²) in [5.74, 6) is 1.92. The Morgan fingerprint density at radius 3 is 2.57 bits per heavy atom. The summed E-state index contributed by atoms with van der Waals surface area (Å²) < 4.78 is 44.1. The van der Waals surface area contributed by atoms with E-state index in [1.54, 1.807) is 11.3 Å². The van der Waals surface area contributed by atoms with Crippen LogP contribution in [0.15, 0.2) is 41.1 Å². The Hall–Kier alpha value is -1.53. The molecule has 1 fully saturated rings. The number of nitrogens with zero attached hydrogens (tertiary/aromatic N) is 1. The molecule has 2 heterocycles. The van der Waals surface area contributed by atoms with E-state index in [1.807, 2.05) is 0 Å².